The van der Waals surface area contributed by atoms with Crippen LogP contribution in [0, 0.1) is 0 Å². The van der Waals surface area contributed by atoms with E-state index in [1.54, 1.807) is 11.3 Å². The standard InChI is InChI=1S/C7H11BS/c1-6(8)4-7-2-3-9-5-7/h2-3,5-6H,4,8H2,1H3. The maximum absolute atomic E-state index is 2.25. The van der Waals surface area contributed by atoms with Gasteiger partial charge in [0.15, 0.2) is 0 Å². The molecule has 0 saturated heterocycles. The highest BCUT2D eigenvalue weighted by Crippen LogP contribution is 2.12. The smallest absolute Gasteiger partial charge is 0.105 e. The molecule has 0 aromatic carbocycles. The van der Waals surface area contributed by atoms with E-state index in [9.17, 15) is 0 Å². The molecule has 0 spiro atoms. The van der Waals surface area contributed by atoms with Gasteiger partial charge in [0, 0.05) is 0 Å². The summed E-state index contributed by atoms with van der Waals surface area (Å²) in [5.41, 5.74) is 1.48. The Bertz CT molecular complexity index is 155. The monoisotopic (exact) mass is 138 g/mol. The maximum atomic E-state index is 2.25. The van der Waals surface area contributed by atoms with Crippen LogP contribution in [0.4, 0.5) is 0 Å². The molecule has 0 saturated carbocycles. The van der Waals surface area contributed by atoms with Crippen molar-refractivity contribution in [1.29, 1.82) is 0 Å². The lowest BCUT2D eigenvalue weighted by Crippen LogP contribution is -1.88. The third-order valence-electron chi connectivity index (χ3n) is 1.22. The molecular formula is C7H11BS. The summed E-state index contributed by atoms with van der Waals surface area (Å²) in [5.74, 6) is 0.791. The zero-order chi connectivity index (χ0) is 6.69. The van der Waals surface area contributed by atoms with E-state index in [0.29, 0.717) is 0 Å². The van der Waals surface area contributed by atoms with Crippen molar-refractivity contribution in [3.05, 3.63) is 22.4 Å². The molecule has 1 heterocycles. The van der Waals surface area contributed by atoms with Gasteiger partial charge in [-0.25, -0.2) is 0 Å². The molecule has 0 aliphatic carbocycles. The van der Waals surface area contributed by atoms with Crippen molar-refractivity contribution in [2.45, 2.75) is 19.2 Å². The van der Waals surface area contributed by atoms with Crippen molar-refractivity contribution in [3.63, 3.8) is 0 Å². The highest BCUT2D eigenvalue weighted by Gasteiger charge is 1.95. The highest BCUT2D eigenvalue weighted by molar-refractivity contribution is 7.07. The Hall–Kier alpha value is -0.235. The van der Waals surface area contributed by atoms with E-state index in [0.717, 1.165) is 5.82 Å². The van der Waals surface area contributed by atoms with Crippen molar-refractivity contribution in [2.24, 2.45) is 0 Å². The molecule has 0 N–H and O–H groups in total. The molecule has 48 valence electrons. The largest absolute Gasteiger partial charge is 0.152 e. The predicted molar refractivity (Wildman–Crippen MR) is 46.0 cm³/mol. The van der Waals surface area contributed by atoms with E-state index >= 15 is 0 Å². The number of hydrogen-bond donors (Lipinski definition) is 0. The van der Waals surface area contributed by atoms with Gasteiger partial charge < -0.3 is 0 Å². The van der Waals surface area contributed by atoms with Crippen LogP contribution in [-0.2, 0) is 6.42 Å². The molecule has 0 fully saturated rings. The number of hydrogen-bond acceptors (Lipinski definition) is 1. The predicted octanol–water partition coefficient (Wildman–Crippen LogP) is 1.73. The van der Waals surface area contributed by atoms with Crippen molar-refractivity contribution < 1.29 is 0 Å². The molecule has 1 rings (SSSR count). The van der Waals surface area contributed by atoms with Crippen LogP contribution in [0.5, 0.6) is 0 Å². The van der Waals surface area contributed by atoms with Gasteiger partial charge in [-0.05, 0) is 28.8 Å². The second kappa shape index (κ2) is 3.07. The van der Waals surface area contributed by atoms with Gasteiger partial charge in [-0.3, -0.25) is 0 Å². The van der Waals surface area contributed by atoms with E-state index in [4.69, 9.17) is 0 Å². The summed E-state index contributed by atoms with van der Waals surface area (Å²) in [6, 6.07) is 2.20. The highest BCUT2D eigenvalue weighted by atomic mass is 32.1. The van der Waals surface area contributed by atoms with Crippen LogP contribution < -0.4 is 0 Å². The summed E-state index contributed by atoms with van der Waals surface area (Å²) in [6.07, 6.45) is 1.23. The van der Waals surface area contributed by atoms with Gasteiger partial charge in [-0.2, -0.15) is 11.3 Å². The van der Waals surface area contributed by atoms with Gasteiger partial charge in [0.1, 0.15) is 7.85 Å². The Kier molecular flexibility index (Phi) is 2.34. The quantitative estimate of drug-likeness (QED) is 0.546. The topological polar surface area (TPSA) is 0 Å². The first-order valence-electron chi connectivity index (χ1n) is 3.30. The van der Waals surface area contributed by atoms with Crippen LogP contribution in [0.1, 0.15) is 12.5 Å². The lowest BCUT2D eigenvalue weighted by Gasteiger charge is -1.98. The Balaban J connectivity index is 2.48. The van der Waals surface area contributed by atoms with E-state index in [2.05, 4.69) is 31.6 Å². The van der Waals surface area contributed by atoms with Crippen molar-refractivity contribution in [2.75, 3.05) is 0 Å². The number of thiophene rings is 1. The third kappa shape index (κ3) is 2.23. The molecule has 0 radical (unpaired) electrons. The molecule has 1 aromatic heterocycles. The summed E-state index contributed by atoms with van der Waals surface area (Å²) in [5, 5.41) is 4.36. The summed E-state index contributed by atoms with van der Waals surface area (Å²) in [6.45, 7) is 2.25. The maximum Gasteiger partial charge on any atom is 0.105 e. The molecule has 0 aliphatic rings. The Morgan fingerprint density at radius 3 is 3.00 bits per heavy atom. The molecule has 1 atom stereocenters. The number of rotatable bonds is 2. The Morgan fingerprint density at radius 2 is 2.56 bits per heavy atom. The molecule has 9 heavy (non-hydrogen) atoms. The van der Waals surface area contributed by atoms with Crippen LogP contribution in [0.15, 0.2) is 16.8 Å². The SMILES string of the molecule is BC(C)Cc1ccsc1. The van der Waals surface area contributed by atoms with Crippen LogP contribution >= 0.6 is 11.3 Å². The van der Waals surface area contributed by atoms with Crippen LogP contribution in [0.2, 0.25) is 5.82 Å². The first-order valence-corrected chi connectivity index (χ1v) is 4.24. The van der Waals surface area contributed by atoms with Gasteiger partial charge in [0.05, 0.1) is 0 Å². The molecule has 2 heteroatoms. The minimum absolute atomic E-state index is 0.791. The van der Waals surface area contributed by atoms with Crippen LogP contribution in [0.3, 0.4) is 0 Å². The van der Waals surface area contributed by atoms with Crippen molar-refractivity contribution in [1.82, 2.24) is 0 Å². The average Bonchev–Trinajstić information content (AvgIpc) is 2.15. The molecule has 1 aromatic rings. The fourth-order valence-corrected chi connectivity index (χ4v) is 1.56. The summed E-state index contributed by atoms with van der Waals surface area (Å²) >= 11 is 1.78. The fourth-order valence-electron chi connectivity index (χ4n) is 0.880. The van der Waals surface area contributed by atoms with Gasteiger partial charge >= 0.3 is 0 Å². The molecular weight excluding hydrogens is 127 g/mol. The fraction of sp³-hybridized carbons (Fsp3) is 0.429. The molecule has 0 amide bonds. The van der Waals surface area contributed by atoms with E-state index < -0.39 is 0 Å². The van der Waals surface area contributed by atoms with E-state index in [1.807, 2.05) is 0 Å². The molecule has 1 unspecified atom stereocenters. The Morgan fingerprint density at radius 1 is 1.78 bits per heavy atom. The van der Waals surface area contributed by atoms with Crippen molar-refractivity contribution >= 4 is 19.2 Å². The summed E-state index contributed by atoms with van der Waals surface area (Å²) in [4.78, 5) is 0. The molecule has 0 nitrogen and oxygen atoms in total. The summed E-state index contributed by atoms with van der Waals surface area (Å²) in [7, 11) is 2.25. The summed E-state index contributed by atoms with van der Waals surface area (Å²) < 4.78 is 0. The second-order valence-electron chi connectivity index (χ2n) is 2.73. The molecule has 0 bridgehead atoms. The minimum Gasteiger partial charge on any atom is -0.152 e. The molecule has 0 aliphatic heterocycles. The Labute approximate surface area is 61.3 Å². The first-order chi connectivity index (χ1) is 4.29. The zero-order valence-electron chi connectivity index (χ0n) is 5.92. The van der Waals surface area contributed by atoms with Gasteiger partial charge in [0.2, 0.25) is 0 Å². The first kappa shape index (κ1) is 6.88. The zero-order valence-corrected chi connectivity index (χ0v) is 6.74. The van der Waals surface area contributed by atoms with Gasteiger partial charge in [0.25, 0.3) is 0 Å². The minimum atomic E-state index is 0.791. The lowest BCUT2D eigenvalue weighted by atomic mass is 9.85. The van der Waals surface area contributed by atoms with E-state index in [-0.39, 0.29) is 0 Å². The van der Waals surface area contributed by atoms with Crippen molar-refractivity contribution in [3.8, 4) is 0 Å². The van der Waals surface area contributed by atoms with Gasteiger partial charge in [-0.15, -0.1) is 0 Å². The van der Waals surface area contributed by atoms with Crippen LogP contribution in [-0.4, -0.2) is 7.85 Å². The van der Waals surface area contributed by atoms with Gasteiger partial charge in [-0.1, -0.05) is 12.7 Å². The average molecular weight is 138 g/mol. The second-order valence-corrected chi connectivity index (χ2v) is 3.51. The lowest BCUT2D eigenvalue weighted by molar-refractivity contribution is 0.920. The van der Waals surface area contributed by atoms with E-state index in [1.165, 1.54) is 12.0 Å². The third-order valence-corrected chi connectivity index (χ3v) is 1.96. The van der Waals surface area contributed by atoms with Crippen LogP contribution in [0.25, 0.3) is 0 Å². The normalized spacial score (nSPS) is 13.4.